The lowest BCUT2D eigenvalue weighted by Crippen LogP contribution is -2.30. The SMILES string of the molecule is Cc1occc1CC(=O)Nc1ccc(C(=O)N2Cc3ccc(Cl)n3Cc3ccccc32)cc1. The van der Waals surface area contributed by atoms with Gasteiger partial charge in [0.1, 0.15) is 10.9 Å². The number of benzene rings is 2. The average Bonchev–Trinajstić information content (AvgIpc) is 3.32. The minimum Gasteiger partial charge on any atom is -0.469 e. The number of amides is 2. The molecule has 1 aliphatic heterocycles. The minimum atomic E-state index is -0.141. The molecule has 2 aromatic heterocycles. The van der Waals surface area contributed by atoms with Gasteiger partial charge < -0.3 is 19.2 Å². The number of hydrogen-bond acceptors (Lipinski definition) is 3. The van der Waals surface area contributed by atoms with Crippen molar-refractivity contribution in [1.82, 2.24) is 4.57 Å². The maximum atomic E-state index is 13.5. The number of carbonyl (C=O) groups excluding carboxylic acids is 2. The molecule has 7 heteroatoms. The fourth-order valence-corrected chi connectivity index (χ4v) is 4.36. The number of anilines is 2. The third-order valence-electron chi connectivity index (χ3n) is 5.93. The number of furan rings is 1. The predicted molar refractivity (Wildman–Crippen MR) is 128 cm³/mol. The van der Waals surface area contributed by atoms with E-state index in [0.717, 1.165) is 28.3 Å². The van der Waals surface area contributed by atoms with Gasteiger partial charge in [-0.1, -0.05) is 29.8 Å². The minimum absolute atomic E-state index is 0.111. The van der Waals surface area contributed by atoms with Crippen molar-refractivity contribution in [3.63, 3.8) is 0 Å². The monoisotopic (exact) mass is 459 g/mol. The summed E-state index contributed by atoms with van der Waals surface area (Å²) >= 11 is 6.37. The highest BCUT2D eigenvalue weighted by molar-refractivity contribution is 6.29. The third-order valence-corrected chi connectivity index (χ3v) is 6.26. The molecular weight excluding hydrogens is 438 g/mol. The molecule has 0 radical (unpaired) electrons. The van der Waals surface area contributed by atoms with E-state index in [-0.39, 0.29) is 18.2 Å². The molecule has 166 valence electrons. The molecule has 0 bridgehead atoms. The van der Waals surface area contributed by atoms with Crippen molar-refractivity contribution in [3.8, 4) is 0 Å². The molecule has 5 rings (SSSR count). The molecule has 3 heterocycles. The molecule has 6 nitrogen and oxygen atoms in total. The van der Waals surface area contributed by atoms with Gasteiger partial charge in [-0.3, -0.25) is 9.59 Å². The summed E-state index contributed by atoms with van der Waals surface area (Å²) in [6, 6.07) is 20.4. The summed E-state index contributed by atoms with van der Waals surface area (Å²) in [6.45, 7) is 2.86. The summed E-state index contributed by atoms with van der Waals surface area (Å²) in [5.41, 5.74) is 4.90. The Morgan fingerprint density at radius 2 is 1.79 bits per heavy atom. The molecule has 0 atom stereocenters. The molecule has 0 saturated carbocycles. The van der Waals surface area contributed by atoms with Crippen LogP contribution in [0, 0.1) is 6.92 Å². The Hall–Kier alpha value is -3.77. The quantitative estimate of drug-likeness (QED) is 0.442. The second-order valence-electron chi connectivity index (χ2n) is 8.06. The Kier molecular flexibility index (Phi) is 5.52. The van der Waals surface area contributed by atoms with Gasteiger partial charge >= 0.3 is 0 Å². The third kappa shape index (κ3) is 4.17. The number of aryl methyl sites for hydroxylation is 1. The normalized spacial score (nSPS) is 12.6. The molecular formula is C26H22ClN3O3. The molecule has 33 heavy (non-hydrogen) atoms. The van der Waals surface area contributed by atoms with Crippen LogP contribution in [0.5, 0.6) is 0 Å². The Labute approximate surface area is 196 Å². The highest BCUT2D eigenvalue weighted by Crippen LogP contribution is 2.31. The van der Waals surface area contributed by atoms with Crippen LogP contribution in [0.1, 0.15) is 32.9 Å². The number of aromatic nitrogens is 1. The van der Waals surface area contributed by atoms with Crippen LogP contribution in [-0.4, -0.2) is 16.4 Å². The van der Waals surface area contributed by atoms with Crippen LogP contribution in [0.4, 0.5) is 11.4 Å². The standard InChI is InChI=1S/C26H22ClN3O3/c1-17-19(12-13-33-17)14-25(31)28-21-8-6-18(7-9-21)26(32)30-16-22-10-11-24(27)29(22)15-20-4-2-3-5-23(20)30/h2-13H,14-16H2,1H3,(H,28,31). The molecule has 4 aromatic rings. The second kappa shape index (κ2) is 8.64. The van der Waals surface area contributed by atoms with Crippen LogP contribution in [0.2, 0.25) is 5.15 Å². The number of halogens is 1. The summed E-state index contributed by atoms with van der Waals surface area (Å²) in [4.78, 5) is 27.6. The second-order valence-corrected chi connectivity index (χ2v) is 8.45. The van der Waals surface area contributed by atoms with E-state index in [1.807, 2.05) is 47.9 Å². The molecule has 0 fully saturated rings. The average molecular weight is 460 g/mol. The first-order valence-electron chi connectivity index (χ1n) is 10.7. The lowest BCUT2D eigenvalue weighted by Gasteiger charge is -2.23. The molecule has 1 aliphatic rings. The smallest absolute Gasteiger partial charge is 0.258 e. The summed E-state index contributed by atoms with van der Waals surface area (Å²) in [5, 5.41) is 3.52. The van der Waals surface area contributed by atoms with Gasteiger partial charge in [0, 0.05) is 28.2 Å². The van der Waals surface area contributed by atoms with Crippen LogP contribution in [0.25, 0.3) is 0 Å². The van der Waals surface area contributed by atoms with E-state index >= 15 is 0 Å². The topological polar surface area (TPSA) is 67.5 Å². The number of rotatable bonds is 4. The van der Waals surface area contributed by atoms with Crippen LogP contribution in [0.15, 0.2) is 77.4 Å². The lowest BCUT2D eigenvalue weighted by molar-refractivity contribution is -0.115. The molecule has 1 N–H and O–H groups in total. The Bertz CT molecular complexity index is 1340. The van der Waals surface area contributed by atoms with Gasteiger partial charge in [-0.2, -0.15) is 0 Å². The number of nitrogens with one attached hydrogen (secondary N) is 1. The zero-order valence-corrected chi connectivity index (χ0v) is 18.8. The van der Waals surface area contributed by atoms with Crippen molar-refractivity contribution in [2.24, 2.45) is 0 Å². The molecule has 2 amide bonds. The molecule has 2 aromatic carbocycles. The van der Waals surface area contributed by atoms with Gasteiger partial charge in [0.2, 0.25) is 5.91 Å². The highest BCUT2D eigenvalue weighted by Gasteiger charge is 2.25. The van der Waals surface area contributed by atoms with E-state index in [1.165, 1.54) is 0 Å². The number of para-hydroxylation sites is 1. The van der Waals surface area contributed by atoms with Crippen molar-refractivity contribution in [2.75, 3.05) is 10.2 Å². The fraction of sp³-hybridized carbons (Fsp3) is 0.154. The molecule has 0 saturated heterocycles. The Balaban J connectivity index is 1.36. The van der Waals surface area contributed by atoms with Crippen LogP contribution in [-0.2, 0) is 24.3 Å². The number of fused-ring (bicyclic) bond motifs is 2. The molecule has 0 unspecified atom stereocenters. The highest BCUT2D eigenvalue weighted by atomic mass is 35.5. The van der Waals surface area contributed by atoms with E-state index in [2.05, 4.69) is 5.32 Å². The Morgan fingerprint density at radius 3 is 2.55 bits per heavy atom. The van der Waals surface area contributed by atoms with E-state index in [1.54, 1.807) is 41.5 Å². The van der Waals surface area contributed by atoms with Crippen LogP contribution < -0.4 is 10.2 Å². The summed E-state index contributed by atoms with van der Waals surface area (Å²) < 4.78 is 7.26. The molecule has 0 aliphatic carbocycles. The Morgan fingerprint density at radius 1 is 1.00 bits per heavy atom. The van der Waals surface area contributed by atoms with Gasteiger partial charge in [0.05, 0.1) is 25.8 Å². The van der Waals surface area contributed by atoms with Crippen molar-refractivity contribution in [3.05, 3.63) is 106 Å². The van der Waals surface area contributed by atoms with E-state index in [0.29, 0.717) is 29.5 Å². The van der Waals surface area contributed by atoms with E-state index < -0.39 is 0 Å². The largest absolute Gasteiger partial charge is 0.469 e. The molecule has 0 spiro atoms. The summed E-state index contributed by atoms with van der Waals surface area (Å²) in [5.74, 6) is 0.481. The maximum absolute atomic E-state index is 13.5. The first-order valence-corrected chi connectivity index (χ1v) is 11.0. The summed E-state index contributed by atoms with van der Waals surface area (Å²) in [6.07, 6.45) is 1.81. The van der Waals surface area contributed by atoms with E-state index in [4.69, 9.17) is 16.0 Å². The van der Waals surface area contributed by atoms with Crippen molar-refractivity contribution >= 4 is 34.8 Å². The predicted octanol–water partition coefficient (Wildman–Crippen LogP) is 5.43. The van der Waals surface area contributed by atoms with Gasteiger partial charge in [0.15, 0.2) is 0 Å². The fourth-order valence-electron chi connectivity index (χ4n) is 4.13. The van der Waals surface area contributed by atoms with Crippen LogP contribution in [0.3, 0.4) is 0 Å². The zero-order chi connectivity index (χ0) is 22.9. The number of nitrogens with zero attached hydrogens (tertiary/aromatic N) is 2. The van der Waals surface area contributed by atoms with E-state index in [9.17, 15) is 9.59 Å². The van der Waals surface area contributed by atoms with Gasteiger partial charge in [-0.25, -0.2) is 0 Å². The maximum Gasteiger partial charge on any atom is 0.258 e. The van der Waals surface area contributed by atoms with Crippen molar-refractivity contribution in [2.45, 2.75) is 26.4 Å². The number of carbonyl (C=O) groups is 2. The van der Waals surface area contributed by atoms with Gasteiger partial charge in [-0.05, 0) is 61.0 Å². The lowest BCUT2D eigenvalue weighted by atomic mass is 10.1. The first kappa shape index (κ1) is 21.1. The summed E-state index contributed by atoms with van der Waals surface area (Å²) in [7, 11) is 0. The van der Waals surface area contributed by atoms with Gasteiger partial charge in [0.25, 0.3) is 5.91 Å². The van der Waals surface area contributed by atoms with Crippen LogP contribution >= 0.6 is 11.6 Å². The van der Waals surface area contributed by atoms with Crippen molar-refractivity contribution < 1.29 is 14.0 Å². The van der Waals surface area contributed by atoms with Crippen molar-refractivity contribution in [1.29, 1.82) is 0 Å². The van der Waals surface area contributed by atoms with Gasteiger partial charge in [-0.15, -0.1) is 0 Å². The first-order chi connectivity index (χ1) is 16.0. The number of hydrogen-bond donors (Lipinski definition) is 1. The zero-order valence-electron chi connectivity index (χ0n) is 18.0.